The largest absolute Gasteiger partial charge is 0.369 e. The normalized spacial score (nSPS) is 12.7. The number of rotatable bonds is 16. The molecular formula is C55H49N11O12S4. The third-order valence-electron chi connectivity index (χ3n) is 11.3. The van der Waals surface area contributed by atoms with Crippen LogP contribution in [-0.2, 0) is 40.5 Å². The maximum absolute atomic E-state index is 12.4. The van der Waals surface area contributed by atoms with Crippen molar-refractivity contribution in [2.75, 3.05) is 5.32 Å². The maximum atomic E-state index is 12.4. The lowest BCUT2D eigenvalue weighted by Crippen LogP contribution is -2.22. The van der Waals surface area contributed by atoms with Gasteiger partial charge in [0, 0.05) is 5.69 Å². The van der Waals surface area contributed by atoms with E-state index in [0.717, 1.165) is 34.6 Å². The van der Waals surface area contributed by atoms with E-state index in [1.165, 1.54) is 120 Å². The minimum atomic E-state index is -4.84. The molecule has 0 radical (unpaired) electrons. The second kappa shape index (κ2) is 25.9. The van der Waals surface area contributed by atoms with Crippen molar-refractivity contribution in [1.82, 2.24) is 0 Å². The number of nitrogens with zero attached hydrogens (tertiary/aromatic N) is 9. The van der Waals surface area contributed by atoms with Gasteiger partial charge in [0.05, 0.1) is 61.0 Å². The highest BCUT2D eigenvalue weighted by Gasteiger charge is 2.18. The molecule has 8 aromatic carbocycles. The van der Waals surface area contributed by atoms with E-state index in [9.17, 15) is 42.8 Å². The van der Waals surface area contributed by atoms with Crippen LogP contribution in [0.3, 0.4) is 0 Å². The smallest absolute Gasteiger partial charge is 0.295 e. The number of aryl methyl sites for hydroxylation is 4. The molecule has 0 saturated heterocycles. The first-order valence-corrected chi connectivity index (χ1v) is 29.6. The molecule has 420 valence electrons. The van der Waals surface area contributed by atoms with E-state index in [2.05, 4.69) is 90.2 Å². The van der Waals surface area contributed by atoms with E-state index in [1.807, 2.05) is 25.1 Å². The molecule has 0 aliphatic rings. The van der Waals surface area contributed by atoms with Crippen LogP contribution in [0.5, 0.6) is 0 Å². The van der Waals surface area contributed by atoms with Gasteiger partial charge >= 0.3 is 0 Å². The Hall–Kier alpha value is -9.19. The molecule has 0 aliphatic heterocycles. The fraction of sp³-hybridized carbons (Fsp3) is 0.0727. The van der Waals surface area contributed by atoms with Gasteiger partial charge < -0.3 is 11.1 Å². The van der Waals surface area contributed by atoms with Gasteiger partial charge in [-0.3, -0.25) is 18.2 Å². The van der Waals surface area contributed by atoms with Gasteiger partial charge in [-0.15, -0.1) is 0 Å². The number of hydrogen-bond acceptors (Lipinski definition) is 17. The van der Waals surface area contributed by atoms with Crippen molar-refractivity contribution in [1.29, 1.82) is 0 Å². The average molecular weight is 1180 g/mol. The number of nitrogens with one attached hydrogen (secondary N) is 1. The predicted octanol–water partition coefficient (Wildman–Crippen LogP) is 14.5. The molecule has 0 amide bonds. The van der Waals surface area contributed by atoms with E-state index in [1.54, 1.807) is 24.3 Å². The predicted molar refractivity (Wildman–Crippen MR) is 310 cm³/mol. The van der Waals surface area contributed by atoms with Crippen LogP contribution in [0.2, 0.25) is 0 Å². The number of azo groups is 4. The summed E-state index contributed by atoms with van der Waals surface area (Å²) in [5.74, 6) is 0.406. The van der Waals surface area contributed by atoms with E-state index in [-0.39, 0.29) is 32.3 Å². The molecule has 0 spiro atoms. The lowest BCUT2D eigenvalue weighted by Gasteiger charge is -2.10. The number of nitrogens with two attached hydrogens (primary N) is 1. The molecule has 8 aromatic rings. The maximum Gasteiger partial charge on any atom is 0.295 e. The Labute approximate surface area is 472 Å². The quantitative estimate of drug-likeness (QED) is 0.0172. The van der Waals surface area contributed by atoms with Gasteiger partial charge in [0.25, 0.3) is 40.5 Å². The molecule has 0 fully saturated rings. The number of guanidine groups is 1. The Morgan fingerprint density at radius 1 is 0.378 bits per heavy atom. The molecular weight excluding hydrogens is 1130 g/mol. The monoisotopic (exact) mass is 1180 g/mol. The first-order chi connectivity index (χ1) is 38.7. The van der Waals surface area contributed by atoms with Crippen LogP contribution in [0.4, 0.5) is 56.9 Å². The molecule has 82 heavy (non-hydrogen) atoms. The lowest BCUT2D eigenvalue weighted by molar-refractivity contribution is 0.480. The highest BCUT2D eigenvalue weighted by molar-refractivity contribution is 7.86. The van der Waals surface area contributed by atoms with Gasteiger partial charge in [-0.2, -0.15) is 74.6 Å². The molecule has 0 atom stereocenters. The van der Waals surface area contributed by atoms with Crippen LogP contribution in [0.15, 0.2) is 235 Å². The topological polar surface area (TPSA) is 367 Å². The van der Waals surface area contributed by atoms with Crippen molar-refractivity contribution in [3.05, 3.63) is 203 Å². The van der Waals surface area contributed by atoms with Gasteiger partial charge in [-0.05, 0) is 183 Å². The molecule has 0 bridgehead atoms. The zero-order valence-corrected chi connectivity index (χ0v) is 46.9. The first kappa shape index (κ1) is 60.5. The minimum absolute atomic E-state index is 0.0330. The highest BCUT2D eigenvalue weighted by Crippen LogP contribution is 2.31. The summed E-state index contributed by atoms with van der Waals surface area (Å²) < 4.78 is 132. The van der Waals surface area contributed by atoms with Gasteiger partial charge in [0.1, 0.15) is 9.79 Å². The summed E-state index contributed by atoms with van der Waals surface area (Å²) >= 11 is 0. The summed E-state index contributed by atoms with van der Waals surface area (Å²) in [6.45, 7) is 8.23. The number of anilines is 1. The third-order valence-corrected chi connectivity index (χ3v) is 14.9. The van der Waals surface area contributed by atoms with Crippen LogP contribution >= 0.6 is 0 Å². The molecule has 8 rings (SSSR count). The Morgan fingerprint density at radius 3 is 1.00 bits per heavy atom. The Kier molecular flexibility index (Phi) is 19.1. The van der Waals surface area contributed by atoms with Crippen molar-refractivity contribution < 1.29 is 51.9 Å². The third kappa shape index (κ3) is 17.7. The lowest BCUT2D eigenvalue weighted by atomic mass is 10.1. The summed E-state index contributed by atoms with van der Waals surface area (Å²) in [5, 5.41) is 35.4. The number of benzene rings is 8. The zero-order chi connectivity index (χ0) is 59.4. The van der Waals surface area contributed by atoms with Crippen molar-refractivity contribution >= 4 is 115 Å². The van der Waals surface area contributed by atoms with Gasteiger partial charge in [-0.1, -0.05) is 59.7 Å². The Balaban J connectivity index is 0.000000406. The van der Waals surface area contributed by atoms with Crippen LogP contribution < -0.4 is 11.1 Å². The van der Waals surface area contributed by atoms with Crippen LogP contribution in [0, 0.1) is 27.7 Å². The molecule has 0 aliphatic carbocycles. The molecule has 0 aromatic heterocycles. The van der Waals surface area contributed by atoms with Gasteiger partial charge in [0.15, 0.2) is 5.96 Å². The summed E-state index contributed by atoms with van der Waals surface area (Å²) in [6.07, 6.45) is 2.41. The standard InChI is InChI=1S/C38H28N8O12S4.C17H21N3/c47-59(48,49)35-19-15-31(16-20-35)41-39-27-7-11-29(12-8-27)43-45-33-5-3-25(37(23-33)61(53,54)55)1-2-26-4-6-34(24-38(26)62(56,57)58)46-44-30-13-9-28(10-14-30)40-42-32-17-21-36(22-18-32)60(50,51)52;1-11-5-7-15(13(3)9-11)19-17(18)20-16-8-6-12(2)10-14(16)4/h1-24H,(H,47,48,49)(H,50,51,52)(H,53,54,55)(H,56,57,58);5-10H,1-4H3,(H3,18,19,20)/b2-1+,41-39?,42-40?,45-43?,46-44?;. The van der Waals surface area contributed by atoms with Gasteiger partial charge in [-0.25, -0.2) is 4.99 Å². The van der Waals surface area contributed by atoms with Crippen LogP contribution in [0.25, 0.3) is 12.2 Å². The molecule has 0 saturated carbocycles. The molecule has 27 heteroatoms. The zero-order valence-electron chi connectivity index (χ0n) is 43.6. The van der Waals surface area contributed by atoms with Gasteiger partial charge in [0.2, 0.25) is 0 Å². The molecule has 0 heterocycles. The summed E-state index contributed by atoms with van der Waals surface area (Å²) in [5.41, 5.74) is 14.7. The Morgan fingerprint density at radius 2 is 0.683 bits per heavy atom. The van der Waals surface area contributed by atoms with Crippen LogP contribution in [-0.4, -0.2) is 57.8 Å². The SMILES string of the molecule is Cc1ccc(N=C(N)Nc2ccc(C)cc2C)c(C)c1.O=S(=O)(O)c1ccc(N=Nc2ccc(N=Nc3ccc(/C=C/c4ccc(N=Nc5ccc(N=Nc6ccc(S(=O)(=O)O)cc6)cc5)cc4S(=O)(=O)O)c(S(=O)(=O)O)c3)cc2)cc1. The first-order valence-electron chi connectivity index (χ1n) is 23.9. The highest BCUT2D eigenvalue weighted by atomic mass is 32.2. The summed E-state index contributed by atoms with van der Waals surface area (Å²) in [4.78, 5) is 2.70. The van der Waals surface area contributed by atoms with Crippen molar-refractivity contribution in [2.45, 2.75) is 47.3 Å². The van der Waals surface area contributed by atoms with Crippen molar-refractivity contribution in [2.24, 2.45) is 51.6 Å². The second-order valence-corrected chi connectivity index (χ2v) is 23.4. The van der Waals surface area contributed by atoms with E-state index >= 15 is 0 Å². The second-order valence-electron chi connectivity index (χ2n) is 17.7. The van der Waals surface area contributed by atoms with Crippen LogP contribution in [0.1, 0.15) is 33.4 Å². The van der Waals surface area contributed by atoms with Crippen molar-refractivity contribution in [3.8, 4) is 0 Å². The number of hydrogen-bond donors (Lipinski definition) is 6. The average Bonchev–Trinajstić information content (AvgIpc) is 3.55. The number of aliphatic imine (C=N–C) groups is 1. The fourth-order valence-corrected chi connectivity index (χ4v) is 9.62. The van der Waals surface area contributed by atoms with E-state index in [0.29, 0.717) is 40.1 Å². The fourth-order valence-electron chi connectivity index (χ4n) is 7.26. The van der Waals surface area contributed by atoms with E-state index < -0.39 is 50.3 Å². The van der Waals surface area contributed by atoms with Crippen molar-refractivity contribution in [3.63, 3.8) is 0 Å². The summed E-state index contributed by atoms with van der Waals surface area (Å²) in [6, 6.07) is 42.3. The van der Waals surface area contributed by atoms with E-state index in [4.69, 9.17) is 14.8 Å². The Bertz CT molecular complexity index is 4110. The molecule has 0 unspecified atom stereocenters. The molecule has 23 nitrogen and oxygen atoms in total. The summed E-state index contributed by atoms with van der Waals surface area (Å²) in [7, 11) is -18.4. The molecule has 7 N–H and O–H groups in total. The minimum Gasteiger partial charge on any atom is -0.369 e.